The number of amides is 1. The number of benzene rings is 1. The molecule has 3 aromatic rings. The fourth-order valence-electron chi connectivity index (χ4n) is 3.89. The van der Waals surface area contributed by atoms with E-state index in [-0.39, 0.29) is 5.92 Å². The van der Waals surface area contributed by atoms with Gasteiger partial charge in [-0.1, -0.05) is 12.1 Å². The van der Waals surface area contributed by atoms with Crippen LogP contribution >= 0.6 is 0 Å². The number of alkyl carbamates (subject to hydrolysis) is 1. The van der Waals surface area contributed by atoms with E-state index < -0.39 is 11.7 Å². The van der Waals surface area contributed by atoms with Gasteiger partial charge in [0.1, 0.15) is 17.1 Å². The smallest absolute Gasteiger partial charge is 0.407 e. The number of nitrogens with one attached hydrogen (secondary N) is 3. The zero-order valence-corrected chi connectivity index (χ0v) is 21.8. The molecule has 11 nitrogen and oxygen atoms in total. The van der Waals surface area contributed by atoms with Crippen molar-refractivity contribution < 1.29 is 18.7 Å². The minimum absolute atomic E-state index is 0.263. The van der Waals surface area contributed by atoms with E-state index in [0.29, 0.717) is 37.5 Å². The van der Waals surface area contributed by atoms with Gasteiger partial charge in [-0.2, -0.15) is 15.0 Å². The second-order valence-electron chi connectivity index (χ2n) is 9.90. The summed E-state index contributed by atoms with van der Waals surface area (Å²) in [7, 11) is 1.65. The van der Waals surface area contributed by atoms with E-state index in [1.165, 1.54) is 0 Å². The predicted octanol–water partition coefficient (Wildman–Crippen LogP) is 4.05. The van der Waals surface area contributed by atoms with Crippen molar-refractivity contribution in [2.75, 3.05) is 42.3 Å². The Hall–Kier alpha value is -4.02. The van der Waals surface area contributed by atoms with E-state index >= 15 is 0 Å². The summed E-state index contributed by atoms with van der Waals surface area (Å²) < 4.78 is 16.0. The van der Waals surface area contributed by atoms with Crippen molar-refractivity contribution in [1.82, 2.24) is 20.3 Å². The highest BCUT2D eigenvalue weighted by Crippen LogP contribution is 2.23. The number of anilines is 3. The maximum Gasteiger partial charge on any atom is 0.407 e. The van der Waals surface area contributed by atoms with E-state index in [4.69, 9.17) is 13.9 Å². The van der Waals surface area contributed by atoms with Gasteiger partial charge in [0.05, 0.1) is 19.9 Å². The molecule has 2 aromatic heterocycles. The Kier molecular flexibility index (Phi) is 8.32. The Morgan fingerprint density at radius 2 is 1.81 bits per heavy atom. The van der Waals surface area contributed by atoms with Crippen LogP contribution in [0.15, 0.2) is 47.1 Å². The van der Waals surface area contributed by atoms with Gasteiger partial charge in [0.15, 0.2) is 0 Å². The van der Waals surface area contributed by atoms with Gasteiger partial charge in [-0.3, -0.25) is 0 Å². The minimum atomic E-state index is -0.523. The van der Waals surface area contributed by atoms with Gasteiger partial charge >= 0.3 is 6.09 Å². The summed E-state index contributed by atoms with van der Waals surface area (Å²) in [6, 6.07) is 11.6. The van der Waals surface area contributed by atoms with E-state index in [1.807, 2.05) is 57.2 Å². The molecule has 0 radical (unpaired) electrons. The van der Waals surface area contributed by atoms with Crippen LogP contribution in [0.2, 0.25) is 0 Å². The van der Waals surface area contributed by atoms with Gasteiger partial charge in [-0.25, -0.2) is 4.79 Å². The Bertz CT molecular complexity index is 1150. The first-order valence-corrected chi connectivity index (χ1v) is 12.4. The summed E-state index contributed by atoms with van der Waals surface area (Å²) in [5, 5.41) is 9.40. The van der Waals surface area contributed by atoms with Crippen molar-refractivity contribution in [2.24, 2.45) is 5.92 Å². The van der Waals surface area contributed by atoms with Crippen molar-refractivity contribution in [3.05, 3.63) is 54.0 Å². The molecule has 37 heavy (non-hydrogen) atoms. The van der Waals surface area contributed by atoms with E-state index in [0.717, 1.165) is 36.6 Å². The third-order valence-electron chi connectivity index (χ3n) is 5.74. The molecule has 1 atom stereocenters. The molecule has 3 N–H and O–H groups in total. The average molecular weight is 510 g/mol. The highest BCUT2D eigenvalue weighted by Gasteiger charge is 2.26. The first-order chi connectivity index (χ1) is 17.8. The second kappa shape index (κ2) is 11.8. The molecule has 1 aromatic carbocycles. The highest BCUT2D eigenvalue weighted by molar-refractivity contribution is 5.67. The highest BCUT2D eigenvalue weighted by atomic mass is 16.6. The number of furan rings is 1. The molecular weight excluding hydrogens is 474 g/mol. The lowest BCUT2D eigenvalue weighted by molar-refractivity contribution is 0.0520. The topological polar surface area (TPSA) is 127 Å². The molecule has 0 bridgehead atoms. The van der Waals surface area contributed by atoms with Gasteiger partial charge in [-0.15, -0.1) is 0 Å². The molecule has 1 saturated heterocycles. The zero-order valence-electron chi connectivity index (χ0n) is 21.8. The fraction of sp³-hybridized carbons (Fsp3) is 0.462. The van der Waals surface area contributed by atoms with Crippen LogP contribution in [0.5, 0.6) is 5.75 Å². The van der Waals surface area contributed by atoms with Crippen molar-refractivity contribution in [1.29, 1.82) is 0 Å². The van der Waals surface area contributed by atoms with Gasteiger partial charge in [0.25, 0.3) is 0 Å². The molecule has 0 spiro atoms. The number of rotatable bonds is 10. The lowest BCUT2D eigenvalue weighted by Gasteiger charge is -2.21. The summed E-state index contributed by atoms with van der Waals surface area (Å²) in [4.78, 5) is 28.0. The van der Waals surface area contributed by atoms with Crippen LogP contribution < -0.4 is 25.6 Å². The van der Waals surface area contributed by atoms with Crippen molar-refractivity contribution in [2.45, 2.75) is 45.9 Å². The lowest BCUT2D eigenvalue weighted by atomic mass is 10.1. The van der Waals surface area contributed by atoms with Gasteiger partial charge in [0.2, 0.25) is 17.8 Å². The molecule has 4 rings (SSSR count). The van der Waals surface area contributed by atoms with E-state index in [2.05, 4.69) is 35.8 Å². The van der Waals surface area contributed by atoms with Crippen LogP contribution in [0, 0.1) is 5.92 Å². The molecule has 1 amide bonds. The Morgan fingerprint density at radius 1 is 1.08 bits per heavy atom. The first-order valence-electron chi connectivity index (χ1n) is 12.4. The molecule has 0 saturated carbocycles. The maximum atomic E-state index is 12.0. The molecule has 1 fully saturated rings. The van der Waals surface area contributed by atoms with Crippen LogP contribution in [-0.4, -0.2) is 53.4 Å². The molecule has 3 heterocycles. The monoisotopic (exact) mass is 509 g/mol. The molecular formula is C26H35N7O4. The standard InChI is InChI=1S/C26H35N7O4/c1-26(2,3)37-25(34)29-15-19-11-12-33(17-19)24-31-22(27-14-18-7-9-20(35-4)10-8-18)30-23(32-24)28-16-21-6-5-13-36-21/h5-10,13,19H,11-12,14-17H2,1-4H3,(H,29,34)(H2,27,28,30,31,32)/t19-/m1/s1. The van der Waals surface area contributed by atoms with Crippen LogP contribution in [0.3, 0.4) is 0 Å². The van der Waals surface area contributed by atoms with Gasteiger partial charge < -0.3 is 34.7 Å². The molecule has 11 heteroatoms. The van der Waals surface area contributed by atoms with Crippen molar-refractivity contribution >= 4 is 23.9 Å². The third-order valence-corrected chi connectivity index (χ3v) is 5.74. The van der Waals surface area contributed by atoms with Crippen LogP contribution in [-0.2, 0) is 17.8 Å². The van der Waals surface area contributed by atoms with Crippen molar-refractivity contribution in [3.8, 4) is 5.75 Å². The normalized spacial score (nSPS) is 15.4. The average Bonchev–Trinajstić information content (AvgIpc) is 3.57. The molecule has 198 valence electrons. The minimum Gasteiger partial charge on any atom is -0.497 e. The van der Waals surface area contributed by atoms with E-state index in [9.17, 15) is 4.79 Å². The number of nitrogens with zero attached hydrogens (tertiary/aromatic N) is 4. The SMILES string of the molecule is COc1ccc(CNc2nc(NCc3ccco3)nc(N3CC[C@H](CNC(=O)OC(C)(C)C)C3)n2)cc1. The van der Waals surface area contributed by atoms with Crippen LogP contribution in [0.25, 0.3) is 0 Å². The van der Waals surface area contributed by atoms with Gasteiger partial charge in [-0.05, 0) is 62.9 Å². The number of carbonyl (C=O) groups excluding carboxylic acids is 1. The predicted molar refractivity (Wildman–Crippen MR) is 141 cm³/mol. The summed E-state index contributed by atoms with van der Waals surface area (Å²) >= 11 is 0. The number of aromatic nitrogens is 3. The van der Waals surface area contributed by atoms with Gasteiger partial charge in [0, 0.05) is 26.2 Å². The molecule has 0 unspecified atom stereocenters. The molecule has 1 aliphatic rings. The Morgan fingerprint density at radius 3 is 2.46 bits per heavy atom. The van der Waals surface area contributed by atoms with Crippen LogP contribution in [0.4, 0.5) is 22.6 Å². The Labute approximate surface area is 217 Å². The van der Waals surface area contributed by atoms with Crippen LogP contribution in [0.1, 0.15) is 38.5 Å². The molecule has 1 aliphatic heterocycles. The fourth-order valence-corrected chi connectivity index (χ4v) is 3.89. The number of ether oxygens (including phenoxy) is 2. The van der Waals surface area contributed by atoms with E-state index in [1.54, 1.807) is 13.4 Å². The summed E-state index contributed by atoms with van der Waals surface area (Å²) in [5.74, 6) is 3.35. The van der Waals surface area contributed by atoms with Crippen molar-refractivity contribution in [3.63, 3.8) is 0 Å². The largest absolute Gasteiger partial charge is 0.497 e. The maximum absolute atomic E-state index is 12.0. The number of hydrogen-bond donors (Lipinski definition) is 3. The summed E-state index contributed by atoms with van der Waals surface area (Å²) in [5.41, 5.74) is 0.549. The number of hydrogen-bond acceptors (Lipinski definition) is 10. The number of carbonyl (C=O) groups is 1. The Balaban J connectivity index is 1.41. The number of methoxy groups -OCH3 is 1. The second-order valence-corrected chi connectivity index (χ2v) is 9.90. The zero-order chi connectivity index (χ0) is 26.3. The molecule has 0 aliphatic carbocycles. The summed E-state index contributed by atoms with van der Waals surface area (Å²) in [6.45, 7) is 8.58. The quantitative estimate of drug-likeness (QED) is 0.368. The first kappa shape index (κ1) is 26.1. The summed E-state index contributed by atoms with van der Waals surface area (Å²) in [6.07, 6.45) is 2.14. The third kappa shape index (κ3) is 7.99. The lowest BCUT2D eigenvalue weighted by Crippen LogP contribution is -2.36.